The van der Waals surface area contributed by atoms with Crippen molar-refractivity contribution in [3.8, 4) is 5.75 Å². The summed E-state index contributed by atoms with van der Waals surface area (Å²) in [5, 5.41) is 6.99. The largest absolute Gasteiger partial charge is 0.489 e. The second-order valence-corrected chi connectivity index (χ2v) is 10.2. The van der Waals surface area contributed by atoms with Crippen molar-refractivity contribution >= 4 is 51.9 Å². The monoisotopic (exact) mass is 571 g/mol. The van der Waals surface area contributed by atoms with Crippen LogP contribution in [0.4, 0.5) is 9.39 Å². The maximum absolute atomic E-state index is 13.9. The van der Waals surface area contributed by atoms with E-state index < -0.39 is 23.6 Å². The smallest absolute Gasteiger partial charge is 0.341 e. The van der Waals surface area contributed by atoms with Crippen LogP contribution < -0.4 is 15.5 Å². The van der Waals surface area contributed by atoms with Gasteiger partial charge in [-0.25, -0.2) is 14.6 Å². The number of halogens is 2. The molecule has 11 heteroatoms. The average Bonchev–Trinajstić information content (AvgIpc) is 3.09. The number of rotatable bonds is 8. The molecule has 2 amide bonds. The topological polar surface area (TPSA) is 106 Å². The molecule has 1 heterocycles. The first-order chi connectivity index (χ1) is 18.9. The van der Waals surface area contributed by atoms with Crippen molar-refractivity contribution in [3.63, 3.8) is 0 Å². The van der Waals surface area contributed by atoms with E-state index in [4.69, 9.17) is 21.1 Å². The van der Waals surface area contributed by atoms with Gasteiger partial charge in [0.1, 0.15) is 23.2 Å². The summed E-state index contributed by atoms with van der Waals surface area (Å²) in [6, 6.07) is 11.1. The van der Waals surface area contributed by atoms with Gasteiger partial charge in [0, 0.05) is 10.4 Å². The Bertz CT molecular complexity index is 1370. The highest BCUT2D eigenvalue weighted by Gasteiger charge is 2.27. The zero-order chi connectivity index (χ0) is 27.8. The van der Waals surface area contributed by atoms with E-state index in [1.807, 2.05) is 0 Å². The fraction of sp³-hybridized carbons (Fsp3) is 0.286. The van der Waals surface area contributed by atoms with E-state index in [0.29, 0.717) is 21.9 Å². The third kappa shape index (κ3) is 7.21. The molecule has 0 saturated carbocycles. The van der Waals surface area contributed by atoms with Crippen LogP contribution in [0, 0.1) is 5.82 Å². The Kier molecular flexibility index (Phi) is 9.67. The van der Waals surface area contributed by atoms with Gasteiger partial charge in [-0.3, -0.25) is 9.59 Å². The molecule has 0 saturated heterocycles. The Labute approximate surface area is 234 Å². The summed E-state index contributed by atoms with van der Waals surface area (Å²) >= 11 is 7.32. The predicted molar refractivity (Wildman–Crippen MR) is 148 cm³/mol. The van der Waals surface area contributed by atoms with Crippen LogP contribution >= 0.6 is 22.9 Å². The van der Waals surface area contributed by atoms with Crippen LogP contribution in [-0.2, 0) is 33.8 Å². The Hall–Kier alpha value is -3.76. The van der Waals surface area contributed by atoms with E-state index >= 15 is 0 Å². The number of amides is 2. The number of benzene rings is 2. The minimum absolute atomic E-state index is 0.0325. The molecule has 0 aliphatic heterocycles. The lowest BCUT2D eigenvalue weighted by molar-refractivity contribution is -0.136. The number of thiophene rings is 1. The molecule has 4 rings (SSSR count). The number of hydrogen-bond acceptors (Lipinski definition) is 7. The van der Waals surface area contributed by atoms with Gasteiger partial charge >= 0.3 is 17.8 Å². The SMILES string of the molecule is CCOC(=O)c1c(NC(=O)C(=O)NN=Cc2ccc(OCc3c(F)cccc3Cl)cc2)sc2c1CCCCC2. The number of hydrogen-bond donors (Lipinski definition) is 2. The Morgan fingerprint density at radius 1 is 1.08 bits per heavy atom. The number of hydrazone groups is 1. The van der Waals surface area contributed by atoms with E-state index in [1.54, 1.807) is 37.3 Å². The fourth-order valence-electron chi connectivity index (χ4n) is 4.10. The number of carbonyl (C=O) groups excluding carboxylic acids is 3. The van der Waals surface area contributed by atoms with E-state index in [-0.39, 0.29) is 23.8 Å². The number of anilines is 1. The van der Waals surface area contributed by atoms with E-state index in [2.05, 4.69) is 15.8 Å². The van der Waals surface area contributed by atoms with Gasteiger partial charge in [0.25, 0.3) is 0 Å². The van der Waals surface area contributed by atoms with Gasteiger partial charge in [0.05, 0.1) is 23.4 Å². The number of aryl methyl sites for hydroxylation is 1. The van der Waals surface area contributed by atoms with Gasteiger partial charge in [-0.2, -0.15) is 5.10 Å². The summed E-state index contributed by atoms with van der Waals surface area (Å²) in [6.45, 7) is 1.89. The maximum Gasteiger partial charge on any atom is 0.341 e. The van der Waals surface area contributed by atoms with Gasteiger partial charge in [0.2, 0.25) is 0 Å². The van der Waals surface area contributed by atoms with E-state index in [9.17, 15) is 18.8 Å². The van der Waals surface area contributed by atoms with Crippen LogP contribution in [0.3, 0.4) is 0 Å². The van der Waals surface area contributed by atoms with Crippen LogP contribution in [0.15, 0.2) is 47.6 Å². The van der Waals surface area contributed by atoms with Gasteiger partial charge < -0.3 is 14.8 Å². The lowest BCUT2D eigenvalue weighted by Gasteiger charge is -2.09. The van der Waals surface area contributed by atoms with Crippen molar-refractivity contribution in [1.82, 2.24) is 5.43 Å². The van der Waals surface area contributed by atoms with Gasteiger partial charge in [-0.05, 0) is 80.1 Å². The summed E-state index contributed by atoms with van der Waals surface area (Å²) in [5.41, 5.74) is 4.31. The number of nitrogens with zero attached hydrogens (tertiary/aromatic N) is 1. The number of fused-ring (bicyclic) bond motifs is 1. The molecule has 3 aromatic rings. The van der Waals surface area contributed by atoms with Crippen molar-refractivity contribution in [2.75, 3.05) is 11.9 Å². The molecule has 0 spiro atoms. The zero-order valence-corrected chi connectivity index (χ0v) is 22.8. The Morgan fingerprint density at radius 2 is 1.85 bits per heavy atom. The summed E-state index contributed by atoms with van der Waals surface area (Å²) in [7, 11) is 0. The molecule has 1 aromatic heterocycles. The molecule has 39 heavy (non-hydrogen) atoms. The Balaban J connectivity index is 1.34. The average molecular weight is 572 g/mol. The number of nitrogens with one attached hydrogen (secondary N) is 2. The molecule has 0 unspecified atom stereocenters. The second-order valence-electron chi connectivity index (χ2n) is 8.70. The van der Waals surface area contributed by atoms with Crippen molar-refractivity contribution in [2.24, 2.45) is 5.10 Å². The summed E-state index contributed by atoms with van der Waals surface area (Å²) in [4.78, 5) is 38.6. The first-order valence-corrected chi connectivity index (χ1v) is 13.7. The maximum atomic E-state index is 13.9. The quantitative estimate of drug-likeness (QED) is 0.119. The van der Waals surface area contributed by atoms with Crippen LogP contribution in [-0.4, -0.2) is 30.6 Å². The van der Waals surface area contributed by atoms with Crippen LogP contribution in [0.25, 0.3) is 0 Å². The first-order valence-electron chi connectivity index (χ1n) is 12.5. The summed E-state index contributed by atoms with van der Waals surface area (Å²) in [5.74, 6) is -2.38. The normalized spacial score (nSPS) is 12.9. The lowest BCUT2D eigenvalue weighted by Crippen LogP contribution is -2.32. The second kappa shape index (κ2) is 13.3. The summed E-state index contributed by atoms with van der Waals surface area (Å²) in [6.07, 6.45) is 5.94. The lowest BCUT2D eigenvalue weighted by atomic mass is 10.1. The molecular weight excluding hydrogens is 545 g/mol. The molecule has 0 atom stereocenters. The van der Waals surface area contributed by atoms with Crippen molar-refractivity contribution in [1.29, 1.82) is 0 Å². The number of esters is 1. The molecule has 1 aliphatic rings. The van der Waals surface area contributed by atoms with Gasteiger partial charge in [-0.1, -0.05) is 24.1 Å². The highest BCUT2D eigenvalue weighted by atomic mass is 35.5. The number of ether oxygens (including phenoxy) is 2. The van der Waals surface area contributed by atoms with Crippen molar-refractivity contribution in [2.45, 2.75) is 45.6 Å². The standard InChI is InChI=1S/C28H27ClFN3O5S/c1-2-37-28(36)24-19-7-4-3-5-10-23(19)39-27(24)32-25(34)26(35)33-31-15-17-11-13-18(14-12-17)38-16-20-21(29)8-6-9-22(20)30/h6,8-9,11-15H,2-5,7,10,16H2,1H3,(H,32,34)(H,33,35). The first kappa shape index (κ1) is 28.3. The van der Waals surface area contributed by atoms with Crippen LogP contribution in [0.2, 0.25) is 5.02 Å². The Morgan fingerprint density at radius 3 is 2.59 bits per heavy atom. The molecule has 2 N–H and O–H groups in total. The molecule has 2 aromatic carbocycles. The van der Waals surface area contributed by atoms with E-state index in [0.717, 1.165) is 42.5 Å². The third-order valence-electron chi connectivity index (χ3n) is 6.04. The molecule has 204 valence electrons. The fourth-order valence-corrected chi connectivity index (χ4v) is 5.59. The minimum atomic E-state index is -0.980. The highest BCUT2D eigenvalue weighted by molar-refractivity contribution is 7.17. The molecular formula is C28H27ClFN3O5S. The molecule has 8 nitrogen and oxygen atoms in total. The van der Waals surface area contributed by atoms with Crippen LogP contribution in [0.1, 0.15) is 58.1 Å². The van der Waals surface area contributed by atoms with E-state index in [1.165, 1.54) is 29.7 Å². The van der Waals surface area contributed by atoms with Crippen molar-refractivity contribution in [3.05, 3.63) is 80.4 Å². The minimum Gasteiger partial charge on any atom is -0.489 e. The highest BCUT2D eigenvalue weighted by Crippen LogP contribution is 2.38. The van der Waals surface area contributed by atoms with Gasteiger partial charge in [0.15, 0.2) is 0 Å². The zero-order valence-electron chi connectivity index (χ0n) is 21.2. The third-order valence-corrected chi connectivity index (χ3v) is 7.60. The predicted octanol–water partition coefficient (Wildman–Crippen LogP) is 5.65. The number of carbonyl (C=O) groups is 3. The summed E-state index contributed by atoms with van der Waals surface area (Å²) < 4.78 is 24.7. The molecule has 0 fully saturated rings. The molecule has 1 aliphatic carbocycles. The molecule has 0 radical (unpaired) electrons. The van der Waals surface area contributed by atoms with Crippen LogP contribution in [0.5, 0.6) is 5.75 Å². The molecule has 0 bridgehead atoms. The van der Waals surface area contributed by atoms with Gasteiger partial charge in [-0.15, -0.1) is 11.3 Å². The van der Waals surface area contributed by atoms with Crippen molar-refractivity contribution < 1.29 is 28.2 Å².